The van der Waals surface area contributed by atoms with Crippen molar-refractivity contribution in [3.05, 3.63) is 0 Å². The van der Waals surface area contributed by atoms with E-state index in [1.54, 1.807) is 0 Å². The number of methoxy groups -OCH3 is 1. The summed E-state index contributed by atoms with van der Waals surface area (Å²) in [6.07, 6.45) is 0. The summed E-state index contributed by atoms with van der Waals surface area (Å²) in [4.78, 5) is 21.0. The first-order valence-electron chi connectivity index (χ1n) is 2.93. The van der Waals surface area contributed by atoms with Crippen LogP contribution < -0.4 is 0 Å². The fraction of sp³-hybridized carbons (Fsp3) is 0.667. The lowest BCUT2D eigenvalue weighted by molar-refractivity contribution is -0.145. The molecule has 0 saturated heterocycles. The predicted molar refractivity (Wildman–Crippen MR) is 46.5 cm³/mol. The SMILES string of the molecule is COC(=O)C(I)COC(C)=O. The van der Waals surface area contributed by atoms with E-state index in [0.717, 1.165) is 0 Å². The number of alkyl halides is 1. The Kier molecular flexibility index (Phi) is 5.18. The van der Waals surface area contributed by atoms with Crippen LogP contribution in [0.2, 0.25) is 0 Å². The molecular weight excluding hydrogens is 263 g/mol. The third-order valence-electron chi connectivity index (χ3n) is 0.890. The summed E-state index contributed by atoms with van der Waals surface area (Å²) in [5.74, 6) is -0.776. The van der Waals surface area contributed by atoms with Crippen molar-refractivity contribution < 1.29 is 19.1 Å². The average Bonchev–Trinajstić information content (AvgIpc) is 1.98. The lowest BCUT2D eigenvalue weighted by Gasteiger charge is -2.06. The van der Waals surface area contributed by atoms with Crippen molar-refractivity contribution in [1.29, 1.82) is 0 Å². The van der Waals surface area contributed by atoms with Gasteiger partial charge in [-0.15, -0.1) is 0 Å². The van der Waals surface area contributed by atoms with Crippen molar-refractivity contribution >= 4 is 34.5 Å². The molecular formula is C6H9IO4. The smallest absolute Gasteiger partial charge is 0.322 e. The van der Waals surface area contributed by atoms with Crippen LogP contribution in [0.4, 0.5) is 0 Å². The monoisotopic (exact) mass is 272 g/mol. The van der Waals surface area contributed by atoms with E-state index >= 15 is 0 Å². The van der Waals surface area contributed by atoms with Crippen LogP contribution in [0.25, 0.3) is 0 Å². The number of ether oxygens (including phenoxy) is 2. The Bertz CT molecular complexity index is 157. The molecule has 0 fully saturated rings. The minimum atomic E-state index is -0.415. The van der Waals surface area contributed by atoms with Crippen LogP contribution in [0.15, 0.2) is 0 Å². The summed E-state index contributed by atoms with van der Waals surface area (Å²) in [6.45, 7) is 1.36. The van der Waals surface area contributed by atoms with Crippen molar-refractivity contribution in [2.24, 2.45) is 0 Å². The van der Waals surface area contributed by atoms with E-state index in [1.165, 1.54) is 14.0 Å². The molecule has 0 spiro atoms. The summed E-state index contributed by atoms with van der Waals surface area (Å²) in [5.41, 5.74) is 0. The number of esters is 2. The normalized spacial score (nSPS) is 11.9. The van der Waals surface area contributed by atoms with Crippen molar-refractivity contribution in [3.8, 4) is 0 Å². The van der Waals surface area contributed by atoms with E-state index in [9.17, 15) is 9.59 Å². The summed E-state index contributed by atoms with van der Waals surface area (Å²) in [6, 6.07) is 0. The molecule has 0 heterocycles. The first kappa shape index (κ1) is 10.7. The zero-order valence-corrected chi connectivity index (χ0v) is 8.45. The van der Waals surface area contributed by atoms with Gasteiger partial charge in [-0.2, -0.15) is 0 Å². The van der Waals surface area contributed by atoms with E-state index in [0.29, 0.717) is 0 Å². The maximum Gasteiger partial charge on any atom is 0.322 e. The van der Waals surface area contributed by atoms with Crippen LogP contribution in [0, 0.1) is 0 Å². The summed E-state index contributed by atoms with van der Waals surface area (Å²) >= 11 is 1.85. The minimum Gasteiger partial charge on any atom is -0.468 e. The fourth-order valence-corrected chi connectivity index (χ4v) is 0.820. The zero-order valence-electron chi connectivity index (χ0n) is 6.30. The number of halogens is 1. The molecule has 0 radical (unpaired) electrons. The van der Waals surface area contributed by atoms with Gasteiger partial charge in [-0.05, 0) is 0 Å². The van der Waals surface area contributed by atoms with E-state index in [1.807, 2.05) is 22.6 Å². The molecule has 4 nitrogen and oxygen atoms in total. The van der Waals surface area contributed by atoms with Crippen molar-refractivity contribution in [2.45, 2.75) is 10.8 Å². The molecule has 0 aromatic carbocycles. The van der Waals surface area contributed by atoms with Gasteiger partial charge in [0.05, 0.1) is 7.11 Å². The molecule has 0 bridgehead atoms. The Balaban J connectivity index is 3.60. The van der Waals surface area contributed by atoms with E-state index < -0.39 is 9.89 Å². The highest BCUT2D eigenvalue weighted by atomic mass is 127. The molecule has 0 saturated carbocycles. The molecule has 64 valence electrons. The second-order valence-corrected chi connectivity index (χ2v) is 3.30. The van der Waals surface area contributed by atoms with Crippen LogP contribution in [0.5, 0.6) is 0 Å². The van der Waals surface area contributed by atoms with Gasteiger partial charge in [-0.3, -0.25) is 9.59 Å². The maximum atomic E-state index is 10.7. The topological polar surface area (TPSA) is 52.6 Å². The van der Waals surface area contributed by atoms with Gasteiger partial charge in [0.25, 0.3) is 0 Å². The molecule has 0 aliphatic heterocycles. The molecule has 0 aliphatic rings. The predicted octanol–water partition coefficient (Wildman–Crippen LogP) is 0.526. The average molecular weight is 272 g/mol. The van der Waals surface area contributed by atoms with Gasteiger partial charge >= 0.3 is 11.9 Å². The molecule has 0 aromatic rings. The van der Waals surface area contributed by atoms with Crippen LogP contribution >= 0.6 is 22.6 Å². The number of carbonyl (C=O) groups excluding carboxylic acids is 2. The minimum absolute atomic E-state index is 0.0720. The summed E-state index contributed by atoms with van der Waals surface area (Å²) in [5, 5.41) is 0. The van der Waals surface area contributed by atoms with E-state index in [4.69, 9.17) is 0 Å². The molecule has 1 atom stereocenters. The molecule has 1 unspecified atom stereocenters. The van der Waals surface area contributed by atoms with Gasteiger partial charge in [0.15, 0.2) is 0 Å². The number of rotatable bonds is 3. The molecule has 0 aromatic heterocycles. The highest BCUT2D eigenvalue weighted by Crippen LogP contribution is 2.02. The molecule has 11 heavy (non-hydrogen) atoms. The second kappa shape index (κ2) is 5.34. The number of carbonyl (C=O) groups is 2. The third kappa shape index (κ3) is 5.00. The fourth-order valence-electron chi connectivity index (χ4n) is 0.386. The number of hydrogen-bond acceptors (Lipinski definition) is 4. The van der Waals surface area contributed by atoms with Crippen LogP contribution in [0.1, 0.15) is 6.92 Å². The van der Waals surface area contributed by atoms with Gasteiger partial charge in [-0.1, -0.05) is 22.6 Å². The lowest BCUT2D eigenvalue weighted by atomic mass is 10.5. The second-order valence-electron chi connectivity index (χ2n) is 1.79. The quantitative estimate of drug-likeness (QED) is 0.427. The maximum absolute atomic E-state index is 10.7. The largest absolute Gasteiger partial charge is 0.468 e. The van der Waals surface area contributed by atoms with Gasteiger partial charge in [0, 0.05) is 6.92 Å². The van der Waals surface area contributed by atoms with E-state index in [2.05, 4.69) is 9.47 Å². The first-order valence-corrected chi connectivity index (χ1v) is 4.17. The van der Waals surface area contributed by atoms with E-state index in [-0.39, 0.29) is 12.6 Å². The zero-order chi connectivity index (χ0) is 8.85. The molecule has 0 rings (SSSR count). The lowest BCUT2D eigenvalue weighted by Crippen LogP contribution is -2.22. The van der Waals surface area contributed by atoms with Crippen LogP contribution in [0.3, 0.4) is 0 Å². The van der Waals surface area contributed by atoms with Crippen LogP contribution in [-0.2, 0) is 19.1 Å². The van der Waals surface area contributed by atoms with Crippen molar-refractivity contribution in [3.63, 3.8) is 0 Å². The van der Waals surface area contributed by atoms with Gasteiger partial charge < -0.3 is 9.47 Å². The summed E-state index contributed by atoms with van der Waals surface area (Å²) in [7, 11) is 1.29. The number of hydrogen-bond donors (Lipinski definition) is 0. The third-order valence-corrected chi connectivity index (χ3v) is 1.76. The van der Waals surface area contributed by atoms with Crippen molar-refractivity contribution in [1.82, 2.24) is 0 Å². The Hall–Kier alpha value is -0.330. The first-order chi connectivity index (χ1) is 5.07. The molecule has 0 amide bonds. The molecule has 0 aliphatic carbocycles. The van der Waals surface area contributed by atoms with Crippen molar-refractivity contribution in [2.75, 3.05) is 13.7 Å². The molecule has 5 heteroatoms. The van der Waals surface area contributed by atoms with Crippen LogP contribution in [-0.4, -0.2) is 29.6 Å². The van der Waals surface area contributed by atoms with Gasteiger partial charge in [-0.25, -0.2) is 0 Å². The highest BCUT2D eigenvalue weighted by Gasteiger charge is 2.15. The Morgan fingerprint density at radius 2 is 2.09 bits per heavy atom. The molecule has 0 N–H and O–H groups in total. The Labute approximate surface area is 78.4 Å². The Morgan fingerprint density at radius 1 is 1.55 bits per heavy atom. The highest BCUT2D eigenvalue weighted by molar-refractivity contribution is 14.1. The standard InChI is InChI=1S/C6H9IO4/c1-4(8)11-3-5(7)6(9)10-2/h5H,3H2,1-2H3. The van der Waals surface area contributed by atoms with Gasteiger partial charge in [0.1, 0.15) is 10.5 Å². The Morgan fingerprint density at radius 3 is 2.45 bits per heavy atom. The summed E-state index contributed by atoms with van der Waals surface area (Å²) < 4.78 is 8.57. The van der Waals surface area contributed by atoms with Gasteiger partial charge in [0.2, 0.25) is 0 Å².